The van der Waals surface area contributed by atoms with Gasteiger partial charge in [0, 0.05) is 12.1 Å². The lowest BCUT2D eigenvalue weighted by Gasteiger charge is -2.34. The molecule has 15 heavy (non-hydrogen) atoms. The van der Waals surface area contributed by atoms with E-state index in [0.717, 1.165) is 23.9 Å². The second kappa shape index (κ2) is 5.34. The molecule has 0 aromatic carbocycles. The SMILES string of the molecule is CC1CCCCC1NC(C)C1CCCC1. The van der Waals surface area contributed by atoms with E-state index in [1.807, 2.05) is 0 Å². The summed E-state index contributed by atoms with van der Waals surface area (Å²) in [7, 11) is 0. The highest BCUT2D eigenvalue weighted by Crippen LogP contribution is 2.30. The van der Waals surface area contributed by atoms with Crippen LogP contribution in [0.5, 0.6) is 0 Å². The second-order valence-corrected chi connectivity index (χ2v) is 5.87. The molecule has 1 heteroatoms. The van der Waals surface area contributed by atoms with E-state index in [-0.39, 0.29) is 0 Å². The lowest BCUT2D eigenvalue weighted by atomic mass is 9.84. The maximum atomic E-state index is 3.91. The molecule has 0 aromatic heterocycles. The molecule has 0 spiro atoms. The van der Waals surface area contributed by atoms with Gasteiger partial charge in [-0.2, -0.15) is 0 Å². The third-order valence-corrected chi connectivity index (χ3v) is 4.70. The Balaban J connectivity index is 1.78. The van der Waals surface area contributed by atoms with Gasteiger partial charge in [-0.1, -0.05) is 32.6 Å². The Labute approximate surface area is 95.0 Å². The molecule has 2 fully saturated rings. The Hall–Kier alpha value is -0.0400. The summed E-state index contributed by atoms with van der Waals surface area (Å²) in [6.45, 7) is 4.84. The molecule has 2 saturated carbocycles. The molecule has 3 atom stereocenters. The molecule has 0 heterocycles. The average molecular weight is 209 g/mol. The Kier molecular flexibility index (Phi) is 4.07. The normalized spacial score (nSPS) is 35.6. The van der Waals surface area contributed by atoms with Gasteiger partial charge in [-0.15, -0.1) is 0 Å². The third-order valence-electron chi connectivity index (χ3n) is 4.70. The maximum Gasteiger partial charge on any atom is 0.00952 e. The highest BCUT2D eigenvalue weighted by atomic mass is 15.0. The van der Waals surface area contributed by atoms with E-state index in [4.69, 9.17) is 0 Å². The van der Waals surface area contributed by atoms with Gasteiger partial charge < -0.3 is 5.32 Å². The fraction of sp³-hybridized carbons (Fsp3) is 1.00. The van der Waals surface area contributed by atoms with Gasteiger partial charge in [-0.05, 0) is 44.4 Å². The molecule has 3 unspecified atom stereocenters. The third kappa shape index (κ3) is 2.96. The van der Waals surface area contributed by atoms with Gasteiger partial charge in [0.25, 0.3) is 0 Å². The number of hydrogen-bond acceptors (Lipinski definition) is 1. The largest absolute Gasteiger partial charge is 0.311 e. The van der Waals surface area contributed by atoms with E-state index in [1.54, 1.807) is 0 Å². The van der Waals surface area contributed by atoms with Crippen molar-refractivity contribution >= 4 is 0 Å². The predicted molar refractivity (Wildman–Crippen MR) is 66.0 cm³/mol. The first-order valence-corrected chi connectivity index (χ1v) is 7.03. The monoisotopic (exact) mass is 209 g/mol. The molecule has 0 radical (unpaired) electrons. The summed E-state index contributed by atoms with van der Waals surface area (Å²) in [5, 5.41) is 3.91. The molecule has 0 bridgehead atoms. The molecule has 0 amide bonds. The molecular formula is C14H27N. The molecule has 2 rings (SSSR count). The fourth-order valence-electron chi connectivity index (χ4n) is 3.50. The lowest BCUT2D eigenvalue weighted by molar-refractivity contribution is 0.235. The van der Waals surface area contributed by atoms with Gasteiger partial charge in [0.05, 0.1) is 0 Å². The number of hydrogen-bond donors (Lipinski definition) is 1. The minimum absolute atomic E-state index is 0.762. The minimum atomic E-state index is 0.762. The van der Waals surface area contributed by atoms with Crippen LogP contribution in [-0.4, -0.2) is 12.1 Å². The first-order chi connectivity index (χ1) is 7.27. The van der Waals surface area contributed by atoms with Gasteiger partial charge in [-0.3, -0.25) is 0 Å². The van der Waals surface area contributed by atoms with Crippen LogP contribution in [0, 0.1) is 11.8 Å². The van der Waals surface area contributed by atoms with Crippen LogP contribution in [-0.2, 0) is 0 Å². The minimum Gasteiger partial charge on any atom is -0.311 e. The van der Waals surface area contributed by atoms with Gasteiger partial charge >= 0.3 is 0 Å². The van der Waals surface area contributed by atoms with Crippen molar-refractivity contribution in [2.45, 2.75) is 77.3 Å². The first-order valence-electron chi connectivity index (χ1n) is 7.03. The molecule has 0 aliphatic heterocycles. The van der Waals surface area contributed by atoms with Crippen LogP contribution >= 0.6 is 0 Å². The summed E-state index contributed by atoms with van der Waals surface area (Å²) in [4.78, 5) is 0. The predicted octanol–water partition coefficient (Wildman–Crippen LogP) is 3.73. The van der Waals surface area contributed by atoms with E-state index in [2.05, 4.69) is 19.2 Å². The van der Waals surface area contributed by atoms with Crippen LogP contribution in [0.3, 0.4) is 0 Å². The summed E-state index contributed by atoms with van der Waals surface area (Å²) >= 11 is 0. The van der Waals surface area contributed by atoms with E-state index in [9.17, 15) is 0 Å². The van der Waals surface area contributed by atoms with Crippen molar-refractivity contribution < 1.29 is 0 Å². The Bertz CT molecular complexity index is 184. The Morgan fingerprint density at radius 2 is 1.53 bits per heavy atom. The van der Waals surface area contributed by atoms with Crippen molar-refractivity contribution in [3.05, 3.63) is 0 Å². The van der Waals surface area contributed by atoms with E-state index in [0.29, 0.717) is 0 Å². The van der Waals surface area contributed by atoms with Gasteiger partial charge in [0.1, 0.15) is 0 Å². The molecule has 1 N–H and O–H groups in total. The van der Waals surface area contributed by atoms with Crippen molar-refractivity contribution in [3.63, 3.8) is 0 Å². The standard InChI is InChI=1S/C14H27N/c1-11-7-3-6-10-14(11)15-12(2)13-8-4-5-9-13/h11-15H,3-10H2,1-2H3. The van der Waals surface area contributed by atoms with Gasteiger partial charge in [-0.25, -0.2) is 0 Å². The molecule has 2 aliphatic rings. The summed E-state index contributed by atoms with van der Waals surface area (Å²) in [5.74, 6) is 1.88. The smallest absolute Gasteiger partial charge is 0.00952 e. The highest BCUT2D eigenvalue weighted by molar-refractivity contribution is 4.84. The van der Waals surface area contributed by atoms with E-state index >= 15 is 0 Å². The zero-order valence-corrected chi connectivity index (χ0v) is 10.5. The summed E-state index contributed by atoms with van der Waals surface area (Å²) in [6, 6.07) is 1.58. The van der Waals surface area contributed by atoms with E-state index < -0.39 is 0 Å². The summed E-state index contributed by atoms with van der Waals surface area (Å²) < 4.78 is 0. The number of rotatable bonds is 3. The fourth-order valence-corrected chi connectivity index (χ4v) is 3.50. The Morgan fingerprint density at radius 1 is 0.933 bits per heavy atom. The molecule has 88 valence electrons. The molecule has 0 aromatic rings. The number of nitrogens with one attached hydrogen (secondary N) is 1. The zero-order valence-electron chi connectivity index (χ0n) is 10.5. The van der Waals surface area contributed by atoms with Crippen molar-refractivity contribution in [1.29, 1.82) is 0 Å². The molecule has 0 saturated heterocycles. The molecular weight excluding hydrogens is 182 g/mol. The van der Waals surface area contributed by atoms with Gasteiger partial charge in [0.15, 0.2) is 0 Å². The van der Waals surface area contributed by atoms with Crippen LogP contribution in [0.2, 0.25) is 0 Å². The topological polar surface area (TPSA) is 12.0 Å². The van der Waals surface area contributed by atoms with Crippen molar-refractivity contribution in [2.75, 3.05) is 0 Å². The van der Waals surface area contributed by atoms with Crippen LogP contribution in [0.1, 0.15) is 65.2 Å². The van der Waals surface area contributed by atoms with Crippen LogP contribution in [0.4, 0.5) is 0 Å². The molecule has 1 nitrogen and oxygen atoms in total. The van der Waals surface area contributed by atoms with E-state index in [1.165, 1.54) is 51.4 Å². The first kappa shape index (κ1) is 11.4. The quantitative estimate of drug-likeness (QED) is 0.747. The average Bonchev–Trinajstić information content (AvgIpc) is 2.74. The zero-order chi connectivity index (χ0) is 10.7. The summed E-state index contributed by atoms with van der Waals surface area (Å²) in [6.07, 6.45) is 11.6. The van der Waals surface area contributed by atoms with Gasteiger partial charge in [0.2, 0.25) is 0 Å². The van der Waals surface area contributed by atoms with Crippen molar-refractivity contribution in [3.8, 4) is 0 Å². The van der Waals surface area contributed by atoms with Crippen molar-refractivity contribution in [1.82, 2.24) is 5.32 Å². The molecule has 2 aliphatic carbocycles. The highest BCUT2D eigenvalue weighted by Gasteiger charge is 2.27. The lowest BCUT2D eigenvalue weighted by Crippen LogP contribution is -2.44. The van der Waals surface area contributed by atoms with Crippen LogP contribution < -0.4 is 5.32 Å². The Morgan fingerprint density at radius 3 is 2.20 bits per heavy atom. The maximum absolute atomic E-state index is 3.91. The van der Waals surface area contributed by atoms with Crippen LogP contribution in [0.15, 0.2) is 0 Å². The van der Waals surface area contributed by atoms with Crippen LogP contribution in [0.25, 0.3) is 0 Å². The van der Waals surface area contributed by atoms with Crippen molar-refractivity contribution in [2.24, 2.45) is 11.8 Å². The second-order valence-electron chi connectivity index (χ2n) is 5.87. The summed E-state index contributed by atoms with van der Waals surface area (Å²) in [5.41, 5.74) is 0.